The maximum Gasteiger partial charge on any atom is 0.306 e. The van der Waals surface area contributed by atoms with Gasteiger partial charge < -0.3 is 5.11 Å². The van der Waals surface area contributed by atoms with Crippen molar-refractivity contribution < 1.29 is 9.90 Å². The molecule has 3 radical (unpaired) electrons. The third-order valence-electron chi connectivity index (χ3n) is 2.43. The predicted octanol–water partition coefficient (Wildman–Crippen LogP) is 1.52. The van der Waals surface area contributed by atoms with Crippen molar-refractivity contribution in [2.75, 3.05) is 0 Å². The van der Waals surface area contributed by atoms with Gasteiger partial charge in [-0.2, -0.15) is 0 Å². The second-order valence-corrected chi connectivity index (χ2v) is 3.21. The molecule has 0 aromatic carbocycles. The molecule has 1 saturated carbocycles. The number of carboxylic acids is 1. The maximum atomic E-state index is 10.6. The zero-order valence-corrected chi connectivity index (χ0v) is 10.2. The molecule has 2 unspecified atom stereocenters. The average molecular weight is 257 g/mol. The maximum absolute atomic E-state index is 10.6. The topological polar surface area (TPSA) is 37.3 Å². The van der Waals surface area contributed by atoms with E-state index in [9.17, 15) is 4.79 Å². The SMILES string of the molecule is CC1CCCCC1C(=O)O.[In]. The number of aliphatic carboxylic acids is 1. The zero-order chi connectivity index (χ0) is 7.56. The van der Waals surface area contributed by atoms with E-state index >= 15 is 0 Å². The Morgan fingerprint density at radius 2 is 1.91 bits per heavy atom. The van der Waals surface area contributed by atoms with Crippen LogP contribution in [0.15, 0.2) is 0 Å². The summed E-state index contributed by atoms with van der Waals surface area (Å²) < 4.78 is 0. The van der Waals surface area contributed by atoms with Crippen LogP contribution in [0.5, 0.6) is 0 Å². The van der Waals surface area contributed by atoms with Gasteiger partial charge in [0.2, 0.25) is 0 Å². The first-order valence-electron chi connectivity index (χ1n) is 3.94. The Morgan fingerprint density at radius 3 is 2.27 bits per heavy atom. The van der Waals surface area contributed by atoms with Gasteiger partial charge in [0.05, 0.1) is 5.92 Å². The van der Waals surface area contributed by atoms with Crippen molar-refractivity contribution in [1.29, 1.82) is 0 Å². The van der Waals surface area contributed by atoms with Gasteiger partial charge in [0, 0.05) is 25.8 Å². The molecule has 1 rings (SSSR count). The normalized spacial score (nSPS) is 30.6. The van der Waals surface area contributed by atoms with Crippen molar-refractivity contribution in [3.05, 3.63) is 0 Å². The number of hydrogen-bond donors (Lipinski definition) is 1. The van der Waals surface area contributed by atoms with E-state index in [-0.39, 0.29) is 31.8 Å². The van der Waals surface area contributed by atoms with E-state index in [2.05, 4.69) is 0 Å². The fourth-order valence-corrected chi connectivity index (χ4v) is 1.68. The summed E-state index contributed by atoms with van der Waals surface area (Å²) in [4.78, 5) is 10.6. The van der Waals surface area contributed by atoms with Crippen molar-refractivity contribution in [2.45, 2.75) is 32.6 Å². The largest absolute Gasteiger partial charge is 0.481 e. The Morgan fingerprint density at radius 1 is 1.36 bits per heavy atom. The van der Waals surface area contributed by atoms with E-state index in [4.69, 9.17) is 5.11 Å². The number of rotatable bonds is 1. The second-order valence-electron chi connectivity index (χ2n) is 3.21. The summed E-state index contributed by atoms with van der Waals surface area (Å²) in [5, 5.41) is 8.71. The molecule has 61 valence electrons. The monoisotopic (exact) mass is 257 g/mol. The van der Waals surface area contributed by atoms with E-state index in [1.165, 1.54) is 6.42 Å². The summed E-state index contributed by atoms with van der Waals surface area (Å²) in [5.74, 6) is -0.271. The van der Waals surface area contributed by atoms with Crippen LogP contribution in [0, 0.1) is 11.8 Å². The molecule has 0 spiro atoms. The number of carboxylic acid groups (broad SMARTS) is 1. The summed E-state index contributed by atoms with van der Waals surface area (Å²) in [6.07, 6.45) is 4.29. The first-order chi connectivity index (χ1) is 4.72. The minimum Gasteiger partial charge on any atom is -0.481 e. The molecular weight excluding hydrogens is 243 g/mol. The van der Waals surface area contributed by atoms with Crippen LogP contribution >= 0.6 is 0 Å². The van der Waals surface area contributed by atoms with Gasteiger partial charge in [0.25, 0.3) is 0 Å². The fourth-order valence-electron chi connectivity index (χ4n) is 1.68. The smallest absolute Gasteiger partial charge is 0.306 e. The molecule has 0 aromatic rings. The summed E-state index contributed by atoms with van der Waals surface area (Å²) in [5.41, 5.74) is 0. The van der Waals surface area contributed by atoms with Crippen molar-refractivity contribution in [1.82, 2.24) is 0 Å². The molecule has 1 aliphatic rings. The van der Waals surface area contributed by atoms with Crippen molar-refractivity contribution in [2.24, 2.45) is 11.8 Å². The Labute approximate surface area is 86.2 Å². The summed E-state index contributed by atoms with van der Waals surface area (Å²) >= 11 is 0. The van der Waals surface area contributed by atoms with Crippen LogP contribution in [-0.2, 0) is 4.79 Å². The van der Waals surface area contributed by atoms with Crippen LogP contribution in [0.1, 0.15) is 32.6 Å². The van der Waals surface area contributed by atoms with Crippen LogP contribution < -0.4 is 0 Å². The van der Waals surface area contributed by atoms with Gasteiger partial charge in [-0.3, -0.25) is 4.79 Å². The van der Waals surface area contributed by atoms with E-state index in [0.717, 1.165) is 19.3 Å². The second kappa shape index (κ2) is 5.07. The molecule has 0 amide bonds. The molecule has 0 bridgehead atoms. The molecule has 0 heterocycles. The summed E-state index contributed by atoms with van der Waals surface area (Å²) in [6.45, 7) is 2.04. The van der Waals surface area contributed by atoms with Gasteiger partial charge in [0.15, 0.2) is 0 Å². The first-order valence-corrected chi connectivity index (χ1v) is 3.94. The van der Waals surface area contributed by atoms with Crippen molar-refractivity contribution >= 4 is 31.8 Å². The molecule has 11 heavy (non-hydrogen) atoms. The summed E-state index contributed by atoms with van der Waals surface area (Å²) in [6, 6.07) is 0. The molecule has 1 N–H and O–H groups in total. The van der Waals surface area contributed by atoms with E-state index in [1.807, 2.05) is 6.92 Å². The standard InChI is InChI=1S/C8H14O2.In/c1-6-4-2-3-5-7(6)8(9)10;/h6-7H,2-5H2,1H3,(H,9,10);. The van der Waals surface area contributed by atoms with Crippen LogP contribution in [0.4, 0.5) is 0 Å². The molecule has 2 nitrogen and oxygen atoms in total. The third-order valence-corrected chi connectivity index (χ3v) is 2.43. The Hall–Kier alpha value is 0.340. The van der Waals surface area contributed by atoms with Gasteiger partial charge in [-0.05, 0) is 18.8 Å². The van der Waals surface area contributed by atoms with Gasteiger partial charge in [-0.1, -0.05) is 19.8 Å². The number of carbonyl (C=O) groups is 1. The summed E-state index contributed by atoms with van der Waals surface area (Å²) in [7, 11) is 0. The first kappa shape index (κ1) is 11.3. The van der Waals surface area contributed by atoms with Gasteiger partial charge in [-0.15, -0.1) is 0 Å². The molecule has 0 aliphatic heterocycles. The Bertz CT molecular complexity index is 136. The fraction of sp³-hybridized carbons (Fsp3) is 0.875. The molecule has 2 atom stereocenters. The minimum atomic E-state index is -0.604. The molecule has 3 heteroatoms. The van der Waals surface area contributed by atoms with Crippen molar-refractivity contribution in [3.63, 3.8) is 0 Å². The molecule has 1 aliphatic carbocycles. The van der Waals surface area contributed by atoms with Crippen LogP contribution in [0.3, 0.4) is 0 Å². The van der Waals surface area contributed by atoms with Gasteiger partial charge >= 0.3 is 5.97 Å². The van der Waals surface area contributed by atoms with Gasteiger partial charge in [-0.25, -0.2) is 0 Å². The zero-order valence-electron chi connectivity index (χ0n) is 6.92. The Kier molecular flexibility index (Phi) is 5.23. The third kappa shape index (κ3) is 3.06. The van der Waals surface area contributed by atoms with Crippen LogP contribution in [0.2, 0.25) is 0 Å². The molecule has 0 aromatic heterocycles. The van der Waals surface area contributed by atoms with E-state index < -0.39 is 5.97 Å². The average Bonchev–Trinajstić information content (AvgIpc) is 1.88. The predicted molar refractivity (Wildman–Crippen MR) is 44.5 cm³/mol. The quantitative estimate of drug-likeness (QED) is 0.773. The van der Waals surface area contributed by atoms with E-state index in [1.54, 1.807) is 0 Å². The minimum absolute atomic E-state index is 0. The van der Waals surface area contributed by atoms with Crippen LogP contribution in [0.25, 0.3) is 0 Å². The number of hydrogen-bond acceptors (Lipinski definition) is 1. The van der Waals surface area contributed by atoms with E-state index in [0.29, 0.717) is 5.92 Å². The van der Waals surface area contributed by atoms with Crippen molar-refractivity contribution in [3.8, 4) is 0 Å². The molecular formula is C8H14InO2. The molecule has 1 fully saturated rings. The van der Waals surface area contributed by atoms with Crippen LogP contribution in [-0.4, -0.2) is 36.9 Å². The van der Waals surface area contributed by atoms with Gasteiger partial charge in [0.1, 0.15) is 0 Å². The Balaban J connectivity index is 0.000001000. The molecule has 0 saturated heterocycles.